The van der Waals surface area contributed by atoms with Crippen molar-refractivity contribution < 1.29 is 19.4 Å². The Morgan fingerprint density at radius 3 is 2.78 bits per heavy atom. The summed E-state index contributed by atoms with van der Waals surface area (Å²) in [5.41, 5.74) is 0.440. The van der Waals surface area contributed by atoms with Crippen molar-refractivity contribution in [2.24, 2.45) is 0 Å². The van der Waals surface area contributed by atoms with Gasteiger partial charge in [0.15, 0.2) is 0 Å². The molecule has 0 aliphatic carbocycles. The summed E-state index contributed by atoms with van der Waals surface area (Å²) in [6, 6.07) is 4.70. The van der Waals surface area contributed by atoms with Crippen molar-refractivity contribution >= 4 is 22.0 Å². The Morgan fingerprint density at radius 2 is 2.22 bits per heavy atom. The Balaban J connectivity index is 2.17. The Kier molecular flexibility index (Phi) is 3.87. The van der Waals surface area contributed by atoms with Crippen molar-refractivity contribution in [3.63, 3.8) is 0 Å². The molecule has 1 aromatic carbocycles. The number of carboxylic acid groups (broad SMARTS) is 1. The number of hydrogen-bond donors (Lipinski definition) is 2. The SMILES string of the molecule is O=C(O)N1CCC(c2ccc(Br)cc2F)C(O)C1. The Labute approximate surface area is 112 Å². The van der Waals surface area contributed by atoms with Crippen molar-refractivity contribution in [3.05, 3.63) is 34.1 Å². The van der Waals surface area contributed by atoms with Gasteiger partial charge in [0.2, 0.25) is 0 Å². The van der Waals surface area contributed by atoms with Gasteiger partial charge in [-0.2, -0.15) is 0 Å². The minimum absolute atomic E-state index is 0.0233. The molecule has 6 heteroatoms. The van der Waals surface area contributed by atoms with Crippen LogP contribution in [0.1, 0.15) is 17.9 Å². The third-order valence-electron chi connectivity index (χ3n) is 3.21. The quantitative estimate of drug-likeness (QED) is 0.836. The highest BCUT2D eigenvalue weighted by Crippen LogP contribution is 2.31. The fraction of sp³-hybridized carbons (Fsp3) is 0.417. The summed E-state index contributed by atoms with van der Waals surface area (Å²) in [6.07, 6.45) is -1.50. The summed E-state index contributed by atoms with van der Waals surface area (Å²) in [5.74, 6) is -0.731. The molecule has 1 aliphatic heterocycles. The van der Waals surface area contributed by atoms with Crippen LogP contribution in [0.4, 0.5) is 9.18 Å². The van der Waals surface area contributed by atoms with Crippen LogP contribution in [-0.2, 0) is 0 Å². The molecule has 2 atom stereocenters. The molecule has 2 unspecified atom stereocenters. The van der Waals surface area contributed by atoms with E-state index in [2.05, 4.69) is 15.9 Å². The molecule has 0 radical (unpaired) electrons. The van der Waals surface area contributed by atoms with Crippen LogP contribution in [0.2, 0.25) is 0 Å². The zero-order valence-corrected chi connectivity index (χ0v) is 11.1. The number of aliphatic hydroxyl groups is 1. The van der Waals surface area contributed by atoms with Crippen LogP contribution in [0.5, 0.6) is 0 Å². The normalized spacial score (nSPS) is 24.1. The molecule has 18 heavy (non-hydrogen) atoms. The first kappa shape index (κ1) is 13.3. The molecule has 0 aromatic heterocycles. The van der Waals surface area contributed by atoms with Gasteiger partial charge in [0, 0.05) is 16.9 Å². The summed E-state index contributed by atoms with van der Waals surface area (Å²) >= 11 is 3.18. The largest absolute Gasteiger partial charge is 0.465 e. The zero-order chi connectivity index (χ0) is 13.3. The Morgan fingerprint density at radius 1 is 1.50 bits per heavy atom. The number of benzene rings is 1. The first-order chi connectivity index (χ1) is 8.49. The lowest BCUT2D eigenvalue weighted by Crippen LogP contribution is -2.45. The molecule has 2 rings (SSSR count). The van der Waals surface area contributed by atoms with Gasteiger partial charge in [-0.1, -0.05) is 22.0 Å². The molecule has 1 aromatic rings. The second-order valence-electron chi connectivity index (χ2n) is 4.36. The van der Waals surface area contributed by atoms with Crippen molar-refractivity contribution in [2.75, 3.05) is 13.1 Å². The number of carbonyl (C=O) groups is 1. The molecule has 1 amide bonds. The second-order valence-corrected chi connectivity index (χ2v) is 5.27. The van der Waals surface area contributed by atoms with E-state index in [0.29, 0.717) is 23.0 Å². The van der Waals surface area contributed by atoms with Gasteiger partial charge in [-0.3, -0.25) is 0 Å². The van der Waals surface area contributed by atoms with Crippen LogP contribution in [0.3, 0.4) is 0 Å². The smallest absolute Gasteiger partial charge is 0.407 e. The van der Waals surface area contributed by atoms with Gasteiger partial charge in [0.1, 0.15) is 5.82 Å². The van der Waals surface area contributed by atoms with E-state index in [4.69, 9.17) is 5.11 Å². The molecule has 0 saturated carbocycles. The lowest BCUT2D eigenvalue weighted by Gasteiger charge is -2.34. The maximum absolute atomic E-state index is 13.8. The van der Waals surface area contributed by atoms with E-state index in [1.54, 1.807) is 12.1 Å². The molecular weight excluding hydrogens is 305 g/mol. The minimum atomic E-state index is -1.05. The summed E-state index contributed by atoms with van der Waals surface area (Å²) in [7, 11) is 0. The van der Waals surface area contributed by atoms with Crippen LogP contribution < -0.4 is 0 Å². The van der Waals surface area contributed by atoms with Gasteiger partial charge in [-0.25, -0.2) is 9.18 Å². The maximum atomic E-state index is 13.8. The van der Waals surface area contributed by atoms with E-state index in [1.165, 1.54) is 6.07 Å². The van der Waals surface area contributed by atoms with E-state index in [1.807, 2.05) is 0 Å². The molecule has 2 N–H and O–H groups in total. The molecule has 1 aliphatic rings. The lowest BCUT2D eigenvalue weighted by molar-refractivity contribution is 0.0495. The van der Waals surface area contributed by atoms with E-state index in [-0.39, 0.29) is 18.3 Å². The standard InChI is InChI=1S/C12H13BrFNO3/c13-7-1-2-8(10(14)5-7)9-3-4-15(12(17)18)6-11(9)16/h1-2,5,9,11,16H,3-4,6H2,(H,17,18). The van der Waals surface area contributed by atoms with E-state index in [0.717, 1.165) is 4.90 Å². The molecule has 0 bridgehead atoms. The number of likely N-dealkylation sites (tertiary alicyclic amines) is 1. The number of β-amino-alcohol motifs (C(OH)–C–C–N with tert-alkyl or cyclic N) is 1. The second kappa shape index (κ2) is 5.24. The molecule has 4 nitrogen and oxygen atoms in total. The first-order valence-electron chi connectivity index (χ1n) is 5.60. The fourth-order valence-corrected chi connectivity index (χ4v) is 2.60. The van der Waals surface area contributed by atoms with E-state index < -0.39 is 12.2 Å². The fourth-order valence-electron chi connectivity index (χ4n) is 2.27. The molecule has 98 valence electrons. The van der Waals surface area contributed by atoms with Gasteiger partial charge in [-0.15, -0.1) is 0 Å². The highest BCUT2D eigenvalue weighted by Gasteiger charge is 2.32. The van der Waals surface area contributed by atoms with Gasteiger partial charge < -0.3 is 15.1 Å². The average molecular weight is 318 g/mol. The molecular formula is C12H13BrFNO3. The maximum Gasteiger partial charge on any atom is 0.407 e. The number of piperidine rings is 1. The molecule has 0 spiro atoms. The average Bonchev–Trinajstić information content (AvgIpc) is 2.30. The first-order valence-corrected chi connectivity index (χ1v) is 6.39. The summed E-state index contributed by atoms with van der Waals surface area (Å²) in [4.78, 5) is 11.9. The van der Waals surface area contributed by atoms with E-state index in [9.17, 15) is 14.3 Å². The number of rotatable bonds is 1. The molecule has 1 fully saturated rings. The van der Waals surface area contributed by atoms with Gasteiger partial charge >= 0.3 is 6.09 Å². The monoisotopic (exact) mass is 317 g/mol. The van der Waals surface area contributed by atoms with Gasteiger partial charge in [0.25, 0.3) is 0 Å². The Hall–Kier alpha value is -1.14. The number of halogens is 2. The van der Waals surface area contributed by atoms with Crippen LogP contribution in [0, 0.1) is 5.82 Å². The number of hydrogen-bond acceptors (Lipinski definition) is 2. The van der Waals surface area contributed by atoms with Crippen molar-refractivity contribution in [1.82, 2.24) is 4.90 Å². The van der Waals surface area contributed by atoms with Crippen molar-refractivity contribution in [1.29, 1.82) is 0 Å². The molecule has 1 saturated heterocycles. The van der Waals surface area contributed by atoms with Crippen LogP contribution in [0.15, 0.2) is 22.7 Å². The predicted octanol–water partition coefficient (Wildman–Crippen LogP) is 2.42. The van der Waals surface area contributed by atoms with E-state index >= 15 is 0 Å². The summed E-state index contributed by atoms with van der Waals surface area (Å²) in [6.45, 7) is 0.335. The van der Waals surface area contributed by atoms with Crippen molar-refractivity contribution in [2.45, 2.75) is 18.4 Å². The predicted molar refractivity (Wildman–Crippen MR) is 67.1 cm³/mol. The Bertz CT molecular complexity index is 469. The highest BCUT2D eigenvalue weighted by molar-refractivity contribution is 9.10. The number of aliphatic hydroxyl groups excluding tert-OH is 1. The highest BCUT2D eigenvalue weighted by atomic mass is 79.9. The number of amides is 1. The summed E-state index contributed by atoms with van der Waals surface area (Å²) < 4.78 is 14.4. The minimum Gasteiger partial charge on any atom is -0.465 e. The third kappa shape index (κ3) is 2.64. The van der Waals surface area contributed by atoms with Gasteiger partial charge in [-0.05, 0) is 24.1 Å². The summed E-state index contributed by atoms with van der Waals surface area (Å²) in [5, 5.41) is 18.8. The zero-order valence-electron chi connectivity index (χ0n) is 9.51. The van der Waals surface area contributed by atoms with Crippen LogP contribution >= 0.6 is 15.9 Å². The third-order valence-corrected chi connectivity index (χ3v) is 3.71. The topological polar surface area (TPSA) is 60.8 Å². The lowest BCUT2D eigenvalue weighted by atomic mass is 9.87. The number of nitrogens with zero attached hydrogens (tertiary/aromatic N) is 1. The molecule has 1 heterocycles. The van der Waals surface area contributed by atoms with Crippen molar-refractivity contribution in [3.8, 4) is 0 Å². The van der Waals surface area contributed by atoms with Crippen LogP contribution in [-0.4, -0.2) is 40.4 Å². The van der Waals surface area contributed by atoms with Crippen LogP contribution in [0.25, 0.3) is 0 Å². The van der Waals surface area contributed by atoms with Gasteiger partial charge in [0.05, 0.1) is 12.6 Å².